The summed E-state index contributed by atoms with van der Waals surface area (Å²) in [6.45, 7) is 2.89. The molecule has 6 heterocycles. The first-order chi connectivity index (χ1) is 37.1. The van der Waals surface area contributed by atoms with Gasteiger partial charge in [-0.25, -0.2) is 39.6 Å². The maximum absolute atomic E-state index is 13.5. The van der Waals surface area contributed by atoms with E-state index in [0.29, 0.717) is 39.9 Å². The number of hydrogen-bond donors (Lipinski definition) is 4. The van der Waals surface area contributed by atoms with Crippen LogP contribution in [-0.4, -0.2) is 116 Å². The maximum atomic E-state index is 13.5. The molecule has 0 radical (unpaired) electrons. The summed E-state index contributed by atoms with van der Waals surface area (Å²) in [5.41, 5.74) is 1.90. The van der Waals surface area contributed by atoms with Crippen molar-refractivity contribution in [1.82, 2.24) is 54.9 Å². The van der Waals surface area contributed by atoms with E-state index in [2.05, 4.69) is 56.2 Å². The molecule has 0 aliphatic heterocycles. The number of amides is 1. The summed E-state index contributed by atoms with van der Waals surface area (Å²) in [6, 6.07) is 14.4. The Morgan fingerprint density at radius 1 is 0.513 bits per heavy atom. The predicted molar refractivity (Wildman–Crippen MR) is 264 cm³/mol. The molecule has 2 aromatic carbocycles. The highest BCUT2D eigenvalue weighted by Gasteiger charge is 2.36. The highest BCUT2D eigenvalue weighted by atomic mass is 19.4. The lowest BCUT2D eigenvalue weighted by molar-refractivity contribution is -0.142. The molecule has 0 aliphatic carbocycles. The molecule has 8 rings (SSSR count). The average Bonchev–Trinajstić information content (AvgIpc) is 4.04. The van der Waals surface area contributed by atoms with Crippen LogP contribution in [0.1, 0.15) is 43.5 Å². The first-order valence-corrected chi connectivity index (χ1v) is 22.3. The van der Waals surface area contributed by atoms with Crippen molar-refractivity contribution in [2.45, 2.75) is 26.2 Å². The Morgan fingerprint density at radius 3 is 1.23 bits per heavy atom. The van der Waals surface area contributed by atoms with E-state index >= 15 is 0 Å². The zero-order valence-electron chi connectivity index (χ0n) is 42.4. The number of aromatic nitrogens is 10. The molecule has 23 nitrogen and oxygen atoms in total. The van der Waals surface area contributed by atoms with Gasteiger partial charge in [-0.05, 0) is 38.1 Å². The van der Waals surface area contributed by atoms with Crippen molar-refractivity contribution in [1.29, 1.82) is 0 Å². The third kappa shape index (κ3) is 12.6. The molecular formula is C49H45F6N13O10. The highest BCUT2D eigenvalue weighted by molar-refractivity contribution is 5.97. The summed E-state index contributed by atoms with van der Waals surface area (Å²) in [5.74, 6) is -0.166. The molecule has 408 valence electrons. The molecule has 0 unspecified atom stereocenters. The van der Waals surface area contributed by atoms with E-state index in [1.54, 1.807) is 36.4 Å². The van der Waals surface area contributed by atoms with E-state index in [0.717, 1.165) is 21.5 Å². The number of rotatable bonds is 17. The third-order valence-electron chi connectivity index (χ3n) is 10.9. The Kier molecular flexibility index (Phi) is 16.8. The van der Waals surface area contributed by atoms with Gasteiger partial charge in [0.25, 0.3) is 5.91 Å². The fourth-order valence-electron chi connectivity index (χ4n) is 7.26. The number of carboxylic acids is 1. The summed E-state index contributed by atoms with van der Waals surface area (Å²) in [7, 11) is 9.80. The molecule has 0 aliphatic rings. The van der Waals surface area contributed by atoms with E-state index in [-0.39, 0.29) is 74.5 Å². The van der Waals surface area contributed by atoms with Crippen molar-refractivity contribution < 1.29 is 74.3 Å². The topological polar surface area (TPSA) is 268 Å². The monoisotopic (exact) mass is 1090 g/mol. The molecule has 0 spiro atoms. The summed E-state index contributed by atoms with van der Waals surface area (Å²) in [6.07, 6.45) is -4.01. The van der Waals surface area contributed by atoms with Crippen LogP contribution in [0.3, 0.4) is 0 Å². The molecule has 78 heavy (non-hydrogen) atoms. The van der Waals surface area contributed by atoms with Crippen LogP contribution in [0, 0.1) is 13.8 Å². The first-order valence-electron chi connectivity index (χ1n) is 22.3. The first kappa shape index (κ1) is 55.9. The quantitative estimate of drug-likeness (QED) is 0.0491. The smallest absolute Gasteiger partial charge is 0.435 e. The lowest BCUT2D eigenvalue weighted by atomic mass is 10.1. The number of nitrogens with one attached hydrogen (secondary N) is 3. The molecule has 0 saturated carbocycles. The number of benzene rings is 2. The Labute approximate surface area is 438 Å². The zero-order chi connectivity index (χ0) is 56.6. The van der Waals surface area contributed by atoms with Gasteiger partial charge < -0.3 is 44.2 Å². The van der Waals surface area contributed by atoms with Crippen LogP contribution in [0.4, 0.5) is 49.6 Å². The Morgan fingerprint density at radius 2 is 0.897 bits per heavy atom. The van der Waals surface area contributed by atoms with Crippen LogP contribution in [0.2, 0.25) is 0 Å². The van der Waals surface area contributed by atoms with Crippen LogP contribution >= 0.6 is 0 Å². The van der Waals surface area contributed by atoms with Gasteiger partial charge >= 0.3 is 18.3 Å². The van der Waals surface area contributed by atoms with Gasteiger partial charge in [-0.2, -0.15) is 46.5 Å². The number of alkyl halides is 6. The van der Waals surface area contributed by atoms with Crippen LogP contribution in [-0.2, 0) is 17.2 Å². The third-order valence-corrected chi connectivity index (χ3v) is 10.9. The molecule has 1 amide bonds. The zero-order valence-corrected chi connectivity index (χ0v) is 42.4. The molecule has 0 bridgehead atoms. The van der Waals surface area contributed by atoms with Gasteiger partial charge in [0.2, 0.25) is 23.7 Å². The number of aromatic carboxylic acids is 1. The highest BCUT2D eigenvalue weighted by Crippen LogP contribution is 2.37. The number of aryl methyl sites for hydroxylation is 2. The number of pyridine rings is 2. The van der Waals surface area contributed by atoms with Crippen LogP contribution in [0.25, 0.3) is 33.9 Å². The van der Waals surface area contributed by atoms with E-state index in [4.69, 9.17) is 33.3 Å². The molecule has 0 fully saturated rings. The number of hydrogen-bond acceptors (Lipinski definition) is 19. The number of methoxy groups -OCH3 is 6. The van der Waals surface area contributed by atoms with Gasteiger partial charge in [-0.3, -0.25) is 9.63 Å². The van der Waals surface area contributed by atoms with Crippen molar-refractivity contribution in [2.24, 2.45) is 0 Å². The van der Waals surface area contributed by atoms with Gasteiger partial charge in [0, 0.05) is 106 Å². The van der Waals surface area contributed by atoms with Crippen LogP contribution in [0.5, 0.6) is 34.8 Å². The number of anilines is 4. The molecule has 0 saturated heterocycles. The lowest BCUT2D eigenvalue weighted by Gasteiger charge is -2.15. The van der Waals surface area contributed by atoms with Crippen molar-refractivity contribution in [2.75, 3.05) is 60.4 Å². The largest absolute Gasteiger partial charge is 0.497 e. The normalized spacial score (nSPS) is 11.2. The van der Waals surface area contributed by atoms with E-state index in [1.165, 1.54) is 101 Å². The fraction of sp³-hybridized carbons (Fsp3) is 0.224. The number of halogens is 6. The SMILES string of the molecule is CONC(=O)c1cc(-c2cnc(Nc3cc(OC)cc(OC)c3)nc2-n2nc(C(F)(F)F)cc2C)cnc1OC.COc1cc(Nc2ncc(-c3cnc(OC)c(C(=O)O)c3)c(-n3nc(C(F)(F)F)cc3C)n2)cc(OC)c1. The second-order valence-corrected chi connectivity index (χ2v) is 16.0. The average molecular weight is 1090 g/mol. The van der Waals surface area contributed by atoms with Gasteiger partial charge in [-0.15, -0.1) is 0 Å². The van der Waals surface area contributed by atoms with Gasteiger partial charge in [0.1, 0.15) is 34.1 Å². The summed E-state index contributed by atoms with van der Waals surface area (Å²) in [5, 5.41) is 23.0. The minimum absolute atomic E-state index is 0.000606. The summed E-state index contributed by atoms with van der Waals surface area (Å²) >= 11 is 0. The second-order valence-electron chi connectivity index (χ2n) is 16.0. The minimum Gasteiger partial charge on any atom is -0.497 e. The molecule has 8 aromatic rings. The van der Waals surface area contributed by atoms with E-state index in [1.807, 2.05) is 0 Å². The molecule has 0 atom stereocenters. The van der Waals surface area contributed by atoms with Crippen LogP contribution < -0.4 is 44.5 Å². The van der Waals surface area contributed by atoms with Crippen molar-refractivity contribution in [3.05, 3.63) is 119 Å². The van der Waals surface area contributed by atoms with E-state index < -0.39 is 35.6 Å². The number of carboxylic acid groups (broad SMARTS) is 1. The standard InChI is InChI=1S/C25H24F3N7O5.C24H21F3N6O5/c1-13-6-20(25(26,27)28)33-35(13)21-19(14-7-18(22(36)34-40-5)23(39-4)29-11-14)12-30-24(32-21)31-15-8-16(37-2)10-17(9-15)38-3;1-12-5-19(24(25,26)27)32-33(12)20-18(13-6-17(22(34)35)21(38-4)28-10-13)11-29-23(31-20)30-14-7-15(36-2)9-16(8-14)37-3/h6-12H,1-5H3,(H,34,36)(H,30,31,32);5-11H,1-4H3,(H,34,35)(H,29,30,31). The Bertz CT molecular complexity index is 3460. The van der Waals surface area contributed by atoms with Crippen LogP contribution in [0.15, 0.2) is 85.5 Å². The summed E-state index contributed by atoms with van der Waals surface area (Å²) < 4.78 is 114. The van der Waals surface area contributed by atoms with E-state index in [9.17, 15) is 41.0 Å². The maximum Gasteiger partial charge on any atom is 0.435 e. The number of carbonyl (C=O) groups excluding carboxylic acids is 1. The number of carbonyl (C=O) groups is 2. The van der Waals surface area contributed by atoms with Crippen molar-refractivity contribution in [3.63, 3.8) is 0 Å². The molecular weight excluding hydrogens is 1040 g/mol. The van der Waals surface area contributed by atoms with Gasteiger partial charge in [0.05, 0.1) is 49.8 Å². The summed E-state index contributed by atoms with van der Waals surface area (Å²) in [4.78, 5) is 54.6. The van der Waals surface area contributed by atoms with Crippen molar-refractivity contribution in [3.8, 4) is 68.6 Å². The van der Waals surface area contributed by atoms with Gasteiger partial charge in [-0.1, -0.05) is 0 Å². The predicted octanol–water partition coefficient (Wildman–Crippen LogP) is 8.63. The molecule has 6 aromatic heterocycles. The molecule has 29 heteroatoms. The number of nitrogens with zero attached hydrogens (tertiary/aromatic N) is 10. The Hall–Kier alpha value is -9.80. The molecule has 4 N–H and O–H groups in total. The number of hydroxylamine groups is 1. The lowest BCUT2D eigenvalue weighted by Crippen LogP contribution is -2.22. The van der Waals surface area contributed by atoms with Crippen molar-refractivity contribution >= 4 is 35.1 Å². The second kappa shape index (κ2) is 23.4. The minimum atomic E-state index is -4.69. The number of ether oxygens (including phenoxy) is 6. The Balaban J connectivity index is 0.000000226. The fourth-order valence-corrected chi connectivity index (χ4v) is 7.26. The van der Waals surface area contributed by atoms with Gasteiger partial charge in [0.15, 0.2) is 23.0 Å².